The molecular formula is C80H97ClFN11O11S3. The number of carbonyl (C=O) groups is 5. The first-order valence-electron chi connectivity index (χ1n) is 36.6. The van der Waals surface area contributed by atoms with Gasteiger partial charge < -0.3 is 40.5 Å². The molecule has 2 aliphatic carbocycles. The summed E-state index contributed by atoms with van der Waals surface area (Å²) >= 11 is 9.29. The second-order valence-electron chi connectivity index (χ2n) is 31.1. The number of allylic oxidation sites excluding steroid dienone is 1. The summed E-state index contributed by atoms with van der Waals surface area (Å²) in [5.74, 6) is 4.18. The number of nitro groups is 1. The van der Waals surface area contributed by atoms with Crippen LogP contribution in [0.1, 0.15) is 139 Å². The van der Waals surface area contributed by atoms with E-state index in [1.54, 1.807) is 67.2 Å². The highest BCUT2D eigenvalue weighted by Gasteiger charge is 2.53. The number of nitro benzene ring substituents is 1. The van der Waals surface area contributed by atoms with Gasteiger partial charge in [-0.25, -0.2) is 22.5 Å². The first-order valence-corrected chi connectivity index (χ1v) is 40.3. The molecular weight excluding hydrogens is 1440 g/mol. The Balaban J connectivity index is 0.700. The highest BCUT2D eigenvalue weighted by molar-refractivity contribution is 7.99. The number of piperazine rings is 2. The summed E-state index contributed by atoms with van der Waals surface area (Å²) in [4.78, 5) is 96.5. The Labute approximate surface area is 640 Å². The number of thiazole rings is 1. The van der Waals surface area contributed by atoms with E-state index in [1.165, 1.54) is 39.0 Å². The van der Waals surface area contributed by atoms with Crippen LogP contribution in [0.3, 0.4) is 0 Å². The fourth-order valence-electron chi connectivity index (χ4n) is 14.1. The number of ether oxygens (including phenoxy) is 1. The summed E-state index contributed by atoms with van der Waals surface area (Å²) < 4.78 is 52.5. The number of unbranched alkanes of at least 4 members (excludes halogenated alkanes) is 1. The van der Waals surface area contributed by atoms with Crippen LogP contribution in [0.25, 0.3) is 16.0 Å². The molecule has 570 valence electrons. The number of likely N-dealkylation sites (tertiary alicyclic amines) is 1. The zero-order valence-corrected chi connectivity index (χ0v) is 65.3. The normalized spacial score (nSPS) is 18.6. The molecule has 27 heteroatoms. The molecule has 3 aliphatic heterocycles. The Morgan fingerprint density at radius 1 is 0.879 bits per heavy atom. The molecule has 22 nitrogen and oxygen atoms in total. The van der Waals surface area contributed by atoms with Crippen molar-refractivity contribution in [1.82, 2.24) is 39.9 Å². The molecule has 11 rings (SSSR count). The minimum atomic E-state index is -4.79. The maximum Gasteiger partial charge on any atom is 0.293 e. The SMILES string of the molecule is Cc1ncsc1-c1ccc(CNC(=O)[C@@H]2C[C@@H](O)CN2C(=O)[C@@H](NC(=O)C2(F)CC2)C(C)(C)C)c(OCCCCC(=O)N2CCN(CC#Cc3cc(NC(C)(C)CSc4ccccc4)c([N+](=O)[O-])cc3S(=O)(=O)NC(=O)c3ccc(N4CCN(CC5=C(c6ccc(Cl)cc6)CCC(C)(C)C5)CC4)cc3)CC2)c1. The van der Waals surface area contributed by atoms with Crippen LogP contribution in [0, 0.1) is 39.7 Å². The molecule has 1 saturated carbocycles. The third kappa shape index (κ3) is 20.7. The Morgan fingerprint density at radius 3 is 2.23 bits per heavy atom. The number of thioether (sulfide) groups is 1. The molecule has 0 bridgehead atoms. The molecule has 5 amide bonds. The van der Waals surface area contributed by atoms with Crippen LogP contribution in [-0.4, -0.2) is 186 Å². The van der Waals surface area contributed by atoms with Crippen LogP contribution in [0.4, 0.5) is 21.5 Å². The largest absolute Gasteiger partial charge is 0.493 e. The molecule has 1 aromatic heterocycles. The van der Waals surface area contributed by atoms with Crippen molar-refractivity contribution in [3.63, 3.8) is 0 Å². The van der Waals surface area contributed by atoms with E-state index in [2.05, 4.69) is 73.3 Å². The van der Waals surface area contributed by atoms with Gasteiger partial charge >= 0.3 is 0 Å². The topological polar surface area (TPSA) is 269 Å². The van der Waals surface area contributed by atoms with E-state index in [9.17, 15) is 52.0 Å². The van der Waals surface area contributed by atoms with Crippen LogP contribution in [0.5, 0.6) is 5.75 Å². The molecule has 4 fully saturated rings. The van der Waals surface area contributed by atoms with E-state index in [4.69, 9.17) is 16.3 Å². The van der Waals surface area contributed by atoms with Gasteiger partial charge in [-0.15, -0.1) is 23.1 Å². The summed E-state index contributed by atoms with van der Waals surface area (Å²) in [5.41, 5.74) is 5.24. The summed E-state index contributed by atoms with van der Waals surface area (Å²) in [6, 6.07) is 30.4. The maximum absolute atomic E-state index is 14.8. The quantitative estimate of drug-likeness (QED) is 0.0105. The number of aryl methyl sites for hydroxylation is 1. The number of alkyl halides is 1. The van der Waals surface area contributed by atoms with Crippen molar-refractivity contribution in [3.05, 3.63) is 163 Å². The van der Waals surface area contributed by atoms with Gasteiger partial charge in [0, 0.05) is 134 Å². The van der Waals surface area contributed by atoms with Gasteiger partial charge in [-0.05, 0) is 154 Å². The molecule has 3 saturated heterocycles. The average Bonchev–Trinajstić information content (AvgIpc) is 1.75. The van der Waals surface area contributed by atoms with Gasteiger partial charge in [0.05, 0.1) is 40.3 Å². The first kappa shape index (κ1) is 79.6. The first-order chi connectivity index (χ1) is 50.8. The molecule has 5 aliphatic rings. The Morgan fingerprint density at radius 2 is 1.57 bits per heavy atom. The number of hydrogen-bond acceptors (Lipinski definition) is 18. The van der Waals surface area contributed by atoms with E-state index >= 15 is 0 Å². The van der Waals surface area contributed by atoms with Crippen LogP contribution < -0.4 is 30.3 Å². The number of nitrogens with one attached hydrogen (secondary N) is 4. The molecule has 6 aromatic rings. The van der Waals surface area contributed by atoms with Crippen molar-refractivity contribution in [3.8, 4) is 28.0 Å². The number of nitrogens with zero attached hydrogens (tertiary/aromatic N) is 7. The number of benzene rings is 5. The number of halogens is 2. The van der Waals surface area contributed by atoms with Crippen molar-refractivity contribution in [2.75, 3.05) is 94.6 Å². The van der Waals surface area contributed by atoms with E-state index in [0.29, 0.717) is 56.1 Å². The van der Waals surface area contributed by atoms with Crippen molar-refractivity contribution in [1.29, 1.82) is 0 Å². The number of carbonyl (C=O) groups excluding carboxylic acids is 5. The number of sulfonamides is 1. The minimum Gasteiger partial charge on any atom is -0.493 e. The lowest BCUT2D eigenvalue weighted by molar-refractivity contribution is -0.384. The second-order valence-corrected chi connectivity index (χ2v) is 35.1. The molecule has 5 aromatic carbocycles. The third-order valence-electron chi connectivity index (χ3n) is 20.4. The monoisotopic (exact) mass is 1540 g/mol. The van der Waals surface area contributed by atoms with Gasteiger partial charge in [-0.3, -0.25) is 43.9 Å². The molecule has 4 heterocycles. The number of rotatable bonds is 27. The zero-order chi connectivity index (χ0) is 76.6. The number of aliphatic hydroxyl groups is 1. The predicted molar refractivity (Wildman–Crippen MR) is 418 cm³/mol. The van der Waals surface area contributed by atoms with E-state index < -0.39 is 84.0 Å². The van der Waals surface area contributed by atoms with Gasteiger partial charge in [0.25, 0.3) is 27.5 Å². The number of amides is 5. The lowest BCUT2D eigenvalue weighted by Crippen LogP contribution is -2.59. The van der Waals surface area contributed by atoms with Crippen LogP contribution >= 0.6 is 34.7 Å². The fraction of sp³-hybridized carbons (Fsp3) is 0.475. The number of aliphatic hydroxyl groups excluding tert-OH is 1. The van der Waals surface area contributed by atoms with E-state index in [1.807, 2.05) is 86.3 Å². The fourth-order valence-corrected chi connectivity index (χ4v) is 17.1. The van der Waals surface area contributed by atoms with Crippen molar-refractivity contribution in [2.45, 2.75) is 159 Å². The summed E-state index contributed by atoms with van der Waals surface area (Å²) in [7, 11) is -4.79. The van der Waals surface area contributed by atoms with E-state index in [-0.39, 0.29) is 80.1 Å². The summed E-state index contributed by atoms with van der Waals surface area (Å²) in [5, 5.41) is 33.2. The molecule has 5 N–H and O–H groups in total. The predicted octanol–water partition coefficient (Wildman–Crippen LogP) is 11.9. The lowest BCUT2D eigenvalue weighted by Gasteiger charge is -2.39. The molecule has 107 heavy (non-hydrogen) atoms. The number of aromatic nitrogens is 1. The van der Waals surface area contributed by atoms with Gasteiger partial charge in [-0.2, -0.15) is 0 Å². The van der Waals surface area contributed by atoms with Crippen molar-refractivity contribution >= 4 is 96.9 Å². The van der Waals surface area contributed by atoms with Crippen LogP contribution in [-0.2, 0) is 35.7 Å². The highest BCUT2D eigenvalue weighted by atomic mass is 35.5. The molecule has 3 atom stereocenters. The molecule has 0 spiro atoms. The summed E-state index contributed by atoms with van der Waals surface area (Å²) in [6.45, 7) is 21.7. The summed E-state index contributed by atoms with van der Waals surface area (Å²) in [6.07, 6.45) is 3.56. The average molecular weight is 1540 g/mol. The van der Waals surface area contributed by atoms with Crippen LogP contribution in [0.2, 0.25) is 5.02 Å². The Hall–Kier alpha value is -8.42. The smallest absolute Gasteiger partial charge is 0.293 e. The molecule has 0 unspecified atom stereocenters. The van der Waals surface area contributed by atoms with Gasteiger partial charge in [0.15, 0.2) is 5.67 Å². The second kappa shape index (κ2) is 34.0. The maximum atomic E-state index is 14.8. The van der Waals surface area contributed by atoms with Gasteiger partial charge in [0.2, 0.25) is 17.7 Å². The highest BCUT2D eigenvalue weighted by Crippen LogP contribution is 2.44. The third-order valence-corrected chi connectivity index (χ3v) is 24.5. The molecule has 0 radical (unpaired) electrons. The standard InChI is InChI=1S/C80H97ClFN11O11S3/c1-53-71(106-52-84-53)57-19-20-58(48-83-74(97)67-45-62(94)50-92(67)75(98)72(77(2,3)4)85-76(99)80(82)31-32-80)68(44-57)104-42-13-12-18-70(95)91-40-34-88(35-41-91)33-14-15-56-43-65(86-79(7,8)51-105-63-16-10-9-11-17-63)66(93(100)101)46-69(56)107(102,103)87-73(96)55-23-27-61(28-24-55)90-38-36-89(37-39-90)49-59-47-78(5,6)30-29-64(59)54-21-25-60(81)26-22-54/h9-11,16-17,19-28,43-44,46,52,62,67,72,86,94H,12-13,18,29-42,45,47-51H2,1-8H3,(H,83,97)(H,85,99)(H,87,96)/t62-,67+,72-/m1/s1. The lowest BCUT2D eigenvalue weighted by atomic mass is 9.73. The number of β-amino-alcohol motifs (C(OH)–C–C–N with tert-alkyl or cyclic N) is 1. The van der Waals surface area contributed by atoms with Crippen LogP contribution in [0.15, 0.2) is 130 Å². The zero-order valence-electron chi connectivity index (χ0n) is 62.1. The van der Waals surface area contributed by atoms with Crippen molar-refractivity contribution in [2.24, 2.45) is 10.8 Å². The number of hydrogen-bond donors (Lipinski definition) is 5. The van der Waals surface area contributed by atoms with E-state index in [0.717, 1.165) is 89.8 Å². The Bertz CT molecular complexity index is 4460. The number of anilines is 2. The van der Waals surface area contributed by atoms with Crippen molar-refractivity contribution < 1.29 is 51.5 Å². The van der Waals surface area contributed by atoms with Gasteiger partial charge in [-0.1, -0.05) is 106 Å². The Kier molecular flexibility index (Phi) is 25.3. The van der Waals surface area contributed by atoms with Gasteiger partial charge in [0.1, 0.15) is 28.4 Å². The minimum absolute atomic E-state index is 0.0138.